The molecule has 1 aromatic carbocycles. The molecule has 1 aliphatic rings. The summed E-state index contributed by atoms with van der Waals surface area (Å²) in [5, 5.41) is 15.6. The van der Waals surface area contributed by atoms with Crippen molar-refractivity contribution in [2.45, 2.75) is 58.0 Å². The summed E-state index contributed by atoms with van der Waals surface area (Å²) in [7, 11) is 0. The number of ether oxygens (including phenoxy) is 1. The average molecular weight is 405 g/mol. The van der Waals surface area contributed by atoms with Gasteiger partial charge in [-0.25, -0.2) is 4.79 Å². The van der Waals surface area contributed by atoms with Crippen LogP contribution in [-0.2, 0) is 9.59 Å². The van der Waals surface area contributed by atoms with Gasteiger partial charge in [0.25, 0.3) is 0 Å². The number of fused-ring (bicyclic) bond motifs is 1. The molecular formula is C21H32N4O4. The maximum Gasteiger partial charge on any atom is 0.335 e. The van der Waals surface area contributed by atoms with Crippen molar-refractivity contribution in [1.29, 1.82) is 0 Å². The first-order valence-electron chi connectivity index (χ1n) is 9.93. The highest BCUT2D eigenvalue weighted by atomic mass is 16.5. The highest BCUT2D eigenvalue weighted by molar-refractivity contribution is 6.01. The Labute approximate surface area is 171 Å². The maximum atomic E-state index is 12.2. The lowest BCUT2D eigenvalue weighted by Gasteiger charge is -2.30. The van der Waals surface area contributed by atoms with Crippen molar-refractivity contribution in [1.82, 2.24) is 5.32 Å². The van der Waals surface area contributed by atoms with E-state index in [4.69, 9.17) is 16.2 Å². The molecule has 8 nitrogen and oxygen atoms in total. The van der Waals surface area contributed by atoms with E-state index < -0.39 is 17.6 Å². The number of carboxylic acids is 1. The third-order valence-corrected chi connectivity index (χ3v) is 4.80. The molecule has 0 bridgehead atoms. The molecule has 0 spiro atoms. The van der Waals surface area contributed by atoms with E-state index in [0.717, 1.165) is 24.9 Å². The lowest BCUT2D eigenvalue weighted by molar-refractivity contribution is -0.132. The second kappa shape index (κ2) is 9.65. The summed E-state index contributed by atoms with van der Waals surface area (Å²) in [6.07, 6.45) is 3.09. The third-order valence-electron chi connectivity index (χ3n) is 4.80. The first-order chi connectivity index (χ1) is 13.7. The van der Waals surface area contributed by atoms with Gasteiger partial charge in [-0.2, -0.15) is 0 Å². The van der Waals surface area contributed by atoms with Crippen LogP contribution in [0.1, 0.15) is 52.0 Å². The molecule has 1 unspecified atom stereocenters. The number of amides is 1. The standard InChI is InChI=1S/C21H32N4O4/c1-13-17(20(27)28)19(23)18-14(24-13)8-7-9-15(18)29-12-21(2,3)25-16(26)10-5-4-6-11-22/h7-9,13,24H,4-6,10-12,22-23H2,1-3H3,(H,25,26)(H,27,28). The van der Waals surface area contributed by atoms with E-state index in [1.807, 2.05) is 26.0 Å². The van der Waals surface area contributed by atoms with Crippen LogP contribution in [0.25, 0.3) is 5.70 Å². The molecule has 1 heterocycles. The lowest BCUT2D eigenvalue weighted by atomic mass is 9.94. The van der Waals surface area contributed by atoms with E-state index >= 15 is 0 Å². The number of nitrogens with two attached hydrogens (primary N) is 2. The van der Waals surface area contributed by atoms with Gasteiger partial charge in [0.15, 0.2) is 0 Å². The fourth-order valence-corrected chi connectivity index (χ4v) is 3.36. The predicted molar refractivity (Wildman–Crippen MR) is 114 cm³/mol. The highest BCUT2D eigenvalue weighted by Gasteiger charge is 2.30. The van der Waals surface area contributed by atoms with Gasteiger partial charge in [-0.05, 0) is 52.3 Å². The number of rotatable bonds is 10. The van der Waals surface area contributed by atoms with Crippen LogP contribution in [0.4, 0.5) is 5.69 Å². The van der Waals surface area contributed by atoms with Crippen LogP contribution in [0.3, 0.4) is 0 Å². The fraction of sp³-hybridized carbons (Fsp3) is 0.524. The zero-order valence-electron chi connectivity index (χ0n) is 17.4. The van der Waals surface area contributed by atoms with Crippen LogP contribution in [0.15, 0.2) is 23.8 Å². The Morgan fingerprint density at radius 2 is 2.00 bits per heavy atom. The third kappa shape index (κ3) is 5.87. The van der Waals surface area contributed by atoms with E-state index in [-0.39, 0.29) is 23.8 Å². The zero-order valence-corrected chi connectivity index (χ0v) is 17.4. The van der Waals surface area contributed by atoms with Crippen LogP contribution in [0, 0.1) is 0 Å². The highest BCUT2D eigenvalue weighted by Crippen LogP contribution is 2.37. The minimum absolute atomic E-state index is 0.0335. The van der Waals surface area contributed by atoms with Crippen LogP contribution in [0.2, 0.25) is 0 Å². The van der Waals surface area contributed by atoms with Gasteiger partial charge in [0, 0.05) is 12.1 Å². The molecule has 1 amide bonds. The molecule has 2 rings (SSSR count). The molecule has 1 aliphatic heterocycles. The second-order valence-electron chi connectivity index (χ2n) is 8.00. The Morgan fingerprint density at radius 1 is 1.28 bits per heavy atom. The van der Waals surface area contributed by atoms with Crippen molar-refractivity contribution in [3.8, 4) is 5.75 Å². The molecule has 8 heteroatoms. The van der Waals surface area contributed by atoms with Crippen LogP contribution < -0.4 is 26.8 Å². The summed E-state index contributed by atoms with van der Waals surface area (Å²) >= 11 is 0. The summed E-state index contributed by atoms with van der Waals surface area (Å²) in [5.74, 6) is -0.623. The van der Waals surface area contributed by atoms with Crippen molar-refractivity contribution in [2.24, 2.45) is 11.5 Å². The summed E-state index contributed by atoms with van der Waals surface area (Å²) in [4.78, 5) is 23.8. The smallest absolute Gasteiger partial charge is 0.335 e. The number of hydrogen-bond acceptors (Lipinski definition) is 6. The molecule has 160 valence electrons. The molecule has 0 saturated heterocycles. The van der Waals surface area contributed by atoms with E-state index in [0.29, 0.717) is 24.3 Å². The lowest BCUT2D eigenvalue weighted by Crippen LogP contribution is -2.47. The van der Waals surface area contributed by atoms with E-state index in [9.17, 15) is 14.7 Å². The van der Waals surface area contributed by atoms with Crippen molar-refractivity contribution < 1.29 is 19.4 Å². The van der Waals surface area contributed by atoms with Crippen molar-refractivity contribution in [3.05, 3.63) is 29.3 Å². The van der Waals surface area contributed by atoms with Crippen molar-refractivity contribution >= 4 is 23.3 Å². The van der Waals surface area contributed by atoms with Gasteiger partial charge in [-0.3, -0.25) is 4.79 Å². The van der Waals surface area contributed by atoms with Crippen LogP contribution >= 0.6 is 0 Å². The first-order valence-corrected chi connectivity index (χ1v) is 9.93. The number of carbonyl (C=O) groups is 2. The van der Waals surface area contributed by atoms with Gasteiger partial charge in [0.2, 0.25) is 5.91 Å². The van der Waals surface area contributed by atoms with Gasteiger partial charge >= 0.3 is 5.97 Å². The molecule has 0 saturated carbocycles. The Hall–Kier alpha value is -2.74. The molecular weight excluding hydrogens is 372 g/mol. The normalized spacial score (nSPS) is 16.1. The quantitative estimate of drug-likeness (QED) is 0.376. The van der Waals surface area contributed by atoms with Gasteiger partial charge in [0.05, 0.1) is 28.4 Å². The zero-order chi connectivity index (χ0) is 21.6. The van der Waals surface area contributed by atoms with Gasteiger partial charge in [-0.15, -0.1) is 0 Å². The number of hydrogen-bond donors (Lipinski definition) is 5. The number of aliphatic carboxylic acids is 1. The maximum absolute atomic E-state index is 12.2. The number of unbranched alkanes of at least 4 members (excludes halogenated alkanes) is 2. The molecule has 7 N–H and O–H groups in total. The largest absolute Gasteiger partial charge is 0.490 e. The minimum Gasteiger partial charge on any atom is -0.490 e. The van der Waals surface area contributed by atoms with Gasteiger partial charge in [0.1, 0.15) is 12.4 Å². The van der Waals surface area contributed by atoms with Crippen LogP contribution in [0.5, 0.6) is 5.75 Å². The topological polar surface area (TPSA) is 140 Å². The van der Waals surface area contributed by atoms with Gasteiger partial charge < -0.3 is 31.9 Å². The summed E-state index contributed by atoms with van der Waals surface area (Å²) in [6.45, 7) is 6.35. The molecule has 0 aromatic heterocycles. The predicted octanol–water partition coefficient (Wildman–Crippen LogP) is 2.05. The Bertz CT molecular complexity index is 789. The molecule has 1 atom stereocenters. The number of anilines is 1. The number of benzene rings is 1. The Balaban J connectivity index is 2.08. The number of carboxylic acid groups (broad SMARTS) is 1. The van der Waals surface area contributed by atoms with Crippen LogP contribution in [-0.4, -0.2) is 41.7 Å². The Morgan fingerprint density at radius 3 is 2.66 bits per heavy atom. The summed E-state index contributed by atoms with van der Waals surface area (Å²) in [5.41, 5.74) is 12.6. The van der Waals surface area contributed by atoms with Gasteiger partial charge in [-0.1, -0.05) is 12.5 Å². The monoisotopic (exact) mass is 404 g/mol. The molecule has 0 fully saturated rings. The number of nitrogens with one attached hydrogen (secondary N) is 2. The minimum atomic E-state index is -1.06. The summed E-state index contributed by atoms with van der Waals surface area (Å²) < 4.78 is 5.97. The first kappa shape index (κ1) is 22.5. The average Bonchev–Trinajstić information content (AvgIpc) is 2.62. The fourth-order valence-electron chi connectivity index (χ4n) is 3.36. The molecule has 0 radical (unpaired) electrons. The van der Waals surface area contributed by atoms with E-state index in [2.05, 4.69) is 10.6 Å². The van der Waals surface area contributed by atoms with Crippen molar-refractivity contribution in [2.75, 3.05) is 18.5 Å². The SMILES string of the molecule is CC1Nc2cccc(OCC(C)(C)NC(=O)CCCCCN)c2C(N)=C1C(=O)O. The molecule has 0 aliphatic carbocycles. The van der Waals surface area contributed by atoms with E-state index in [1.165, 1.54) is 0 Å². The number of carbonyl (C=O) groups excluding carboxylic acids is 1. The Kier molecular flexibility index (Phi) is 7.50. The molecule has 29 heavy (non-hydrogen) atoms. The molecule has 1 aromatic rings. The van der Waals surface area contributed by atoms with Crippen molar-refractivity contribution in [3.63, 3.8) is 0 Å². The second-order valence-corrected chi connectivity index (χ2v) is 8.00. The summed E-state index contributed by atoms with van der Waals surface area (Å²) in [6, 6.07) is 4.98. The van der Waals surface area contributed by atoms with E-state index in [1.54, 1.807) is 13.0 Å².